The number of methoxy groups -OCH3 is 1. The predicted molar refractivity (Wildman–Crippen MR) is 162 cm³/mol. The van der Waals surface area contributed by atoms with Crippen LogP contribution >= 0.6 is 0 Å². The molecular formula is C32H40N4O9. The Morgan fingerprint density at radius 1 is 1.22 bits per heavy atom. The zero-order valence-electron chi connectivity index (χ0n) is 25.9. The number of hydrogen-bond acceptors (Lipinski definition) is 9. The number of fused-ring (bicyclic) bond motifs is 3. The van der Waals surface area contributed by atoms with Crippen LogP contribution in [0.1, 0.15) is 46.5 Å². The second kappa shape index (κ2) is 12.9. The zero-order chi connectivity index (χ0) is 32.4. The van der Waals surface area contributed by atoms with Gasteiger partial charge < -0.3 is 39.6 Å². The quantitative estimate of drug-likeness (QED) is 0.421. The molecule has 3 N–H and O–H groups in total. The number of alkyl carbamates (subject to hydrolysis) is 1. The van der Waals surface area contributed by atoms with E-state index in [1.807, 2.05) is 30.4 Å². The van der Waals surface area contributed by atoms with Gasteiger partial charge in [0, 0.05) is 30.5 Å². The van der Waals surface area contributed by atoms with Gasteiger partial charge in [-0.2, -0.15) is 0 Å². The van der Waals surface area contributed by atoms with Gasteiger partial charge in [-0.15, -0.1) is 0 Å². The molecule has 2 aliphatic heterocycles. The van der Waals surface area contributed by atoms with Gasteiger partial charge in [0.15, 0.2) is 0 Å². The van der Waals surface area contributed by atoms with Crippen molar-refractivity contribution in [3.05, 3.63) is 42.6 Å². The number of carbonyl (C=O) groups is 4. The summed E-state index contributed by atoms with van der Waals surface area (Å²) < 4.78 is 22.8. The summed E-state index contributed by atoms with van der Waals surface area (Å²) in [4.78, 5) is 58.7. The second-order valence-electron chi connectivity index (χ2n) is 12.6. The molecule has 1 aliphatic carbocycles. The van der Waals surface area contributed by atoms with E-state index in [1.54, 1.807) is 40.1 Å². The molecule has 0 radical (unpaired) electrons. The maximum absolute atomic E-state index is 14.1. The van der Waals surface area contributed by atoms with Crippen molar-refractivity contribution in [3.63, 3.8) is 0 Å². The number of carboxylic acids is 1. The number of aromatic nitrogens is 1. The normalized spacial score (nSPS) is 27.3. The molecule has 0 unspecified atom stereocenters. The molecule has 242 valence electrons. The van der Waals surface area contributed by atoms with Crippen LogP contribution in [0.15, 0.2) is 42.6 Å². The fraction of sp³-hybridized carbons (Fsp3) is 0.531. The molecule has 1 saturated heterocycles. The van der Waals surface area contributed by atoms with Crippen molar-refractivity contribution in [3.8, 4) is 11.6 Å². The summed E-state index contributed by atoms with van der Waals surface area (Å²) in [5, 5.41) is 16.9. The number of amides is 3. The van der Waals surface area contributed by atoms with Crippen molar-refractivity contribution in [2.75, 3.05) is 26.9 Å². The molecule has 0 spiro atoms. The third-order valence-electron chi connectivity index (χ3n) is 8.11. The topological polar surface area (TPSA) is 166 Å². The molecule has 5 atom stereocenters. The van der Waals surface area contributed by atoms with Gasteiger partial charge in [-0.05, 0) is 69.7 Å². The third kappa shape index (κ3) is 7.30. The van der Waals surface area contributed by atoms with Crippen molar-refractivity contribution >= 4 is 34.6 Å². The van der Waals surface area contributed by atoms with E-state index in [2.05, 4.69) is 15.6 Å². The number of carboxylic acid groups (broad SMARTS) is 1. The van der Waals surface area contributed by atoms with Gasteiger partial charge in [-0.3, -0.25) is 9.59 Å². The van der Waals surface area contributed by atoms with Gasteiger partial charge in [-0.1, -0.05) is 12.2 Å². The Labute approximate surface area is 261 Å². The van der Waals surface area contributed by atoms with Crippen LogP contribution in [0.4, 0.5) is 4.79 Å². The fourth-order valence-corrected chi connectivity index (χ4v) is 5.74. The van der Waals surface area contributed by atoms with Crippen LogP contribution in [0.2, 0.25) is 0 Å². The summed E-state index contributed by atoms with van der Waals surface area (Å²) in [6.45, 7) is 5.27. The van der Waals surface area contributed by atoms with Crippen LogP contribution in [0.5, 0.6) is 11.6 Å². The smallest absolute Gasteiger partial charge is 0.408 e. The molecule has 45 heavy (non-hydrogen) atoms. The van der Waals surface area contributed by atoms with Crippen molar-refractivity contribution in [2.45, 2.75) is 75.8 Å². The number of aliphatic carboxylic acids is 1. The van der Waals surface area contributed by atoms with E-state index in [1.165, 1.54) is 4.90 Å². The molecule has 5 rings (SSSR count). The first-order valence-electron chi connectivity index (χ1n) is 15.1. The molecule has 2 aromatic rings. The van der Waals surface area contributed by atoms with Crippen molar-refractivity contribution in [2.24, 2.45) is 5.92 Å². The zero-order valence-corrected chi connectivity index (χ0v) is 25.9. The Bertz CT molecular complexity index is 1490. The van der Waals surface area contributed by atoms with Crippen LogP contribution in [0.25, 0.3) is 10.8 Å². The van der Waals surface area contributed by atoms with Gasteiger partial charge in [0.2, 0.25) is 17.7 Å². The number of carbonyl (C=O) groups excluding carboxylic acids is 3. The third-order valence-corrected chi connectivity index (χ3v) is 8.11. The Kier molecular flexibility index (Phi) is 9.19. The van der Waals surface area contributed by atoms with Gasteiger partial charge in [-0.25, -0.2) is 14.6 Å². The van der Waals surface area contributed by atoms with E-state index in [0.29, 0.717) is 36.5 Å². The van der Waals surface area contributed by atoms with Crippen LogP contribution in [-0.4, -0.2) is 95.1 Å². The summed E-state index contributed by atoms with van der Waals surface area (Å²) >= 11 is 0. The molecule has 3 aliphatic rings. The summed E-state index contributed by atoms with van der Waals surface area (Å²) in [7, 11) is 1.58. The van der Waals surface area contributed by atoms with E-state index in [9.17, 15) is 24.3 Å². The lowest BCUT2D eigenvalue weighted by Gasteiger charge is -2.30. The lowest BCUT2D eigenvalue weighted by atomic mass is 10.1. The largest absolute Gasteiger partial charge is 0.497 e. The van der Waals surface area contributed by atoms with E-state index >= 15 is 0 Å². The molecule has 13 nitrogen and oxygen atoms in total. The maximum atomic E-state index is 14.1. The average Bonchev–Trinajstić information content (AvgIpc) is 3.51. The van der Waals surface area contributed by atoms with Gasteiger partial charge >= 0.3 is 12.1 Å². The SMILES string of the molecule is COc1ccc2c(O[C@@H]3C[C@H]4C(=O)N[C@]5(C(=O)O)C[C@H]5C=CCCCOC[C@H](NC(=O)OC(C)(C)C)C(=O)N4C3)nccc2c1. The molecule has 1 saturated carbocycles. The highest BCUT2D eigenvalue weighted by Gasteiger charge is 2.61. The predicted octanol–water partition coefficient (Wildman–Crippen LogP) is 2.81. The van der Waals surface area contributed by atoms with Crippen LogP contribution in [0.3, 0.4) is 0 Å². The number of benzene rings is 1. The van der Waals surface area contributed by atoms with Crippen molar-refractivity contribution in [1.29, 1.82) is 0 Å². The number of allylic oxidation sites excluding steroid dienone is 1. The Hall–Kier alpha value is -4.39. The number of nitrogens with one attached hydrogen (secondary N) is 2. The van der Waals surface area contributed by atoms with Gasteiger partial charge in [0.05, 0.1) is 20.3 Å². The Balaban J connectivity index is 1.44. The van der Waals surface area contributed by atoms with Gasteiger partial charge in [0.25, 0.3) is 0 Å². The lowest BCUT2D eigenvalue weighted by molar-refractivity contribution is -0.146. The molecular weight excluding hydrogens is 584 g/mol. The molecule has 2 fully saturated rings. The molecule has 1 aromatic heterocycles. The molecule has 0 bridgehead atoms. The number of nitrogens with zero attached hydrogens (tertiary/aromatic N) is 2. The number of ether oxygens (including phenoxy) is 4. The first-order valence-corrected chi connectivity index (χ1v) is 15.1. The highest BCUT2D eigenvalue weighted by Crippen LogP contribution is 2.45. The summed E-state index contributed by atoms with van der Waals surface area (Å²) in [5.41, 5.74) is -2.26. The lowest BCUT2D eigenvalue weighted by Crippen LogP contribution is -2.57. The standard InChI is InChI=1S/C32H40N4O9/c1-31(2,3)45-30(41)34-24-18-43-13-7-5-6-8-20-16-32(20,29(39)40)35-26(37)25-15-22(17-36(25)28(24)38)44-27-23-10-9-21(42-4)14-19(23)11-12-33-27/h6,8-12,14,20,22,24-25H,5,7,13,15-18H2,1-4H3,(H,34,41)(H,35,37)(H,39,40)/t20-,22-,24+,25+,32-/m1/s1. The van der Waals surface area contributed by atoms with Crippen LogP contribution in [-0.2, 0) is 23.9 Å². The van der Waals surface area contributed by atoms with E-state index in [-0.39, 0.29) is 31.9 Å². The van der Waals surface area contributed by atoms with Gasteiger partial charge in [0.1, 0.15) is 35.1 Å². The van der Waals surface area contributed by atoms with E-state index < -0.39 is 53.2 Å². The summed E-state index contributed by atoms with van der Waals surface area (Å²) in [6, 6.07) is 5.02. The maximum Gasteiger partial charge on any atom is 0.408 e. The molecule has 13 heteroatoms. The average molecular weight is 625 g/mol. The minimum atomic E-state index is -1.46. The Morgan fingerprint density at radius 2 is 2.02 bits per heavy atom. The minimum Gasteiger partial charge on any atom is -0.497 e. The van der Waals surface area contributed by atoms with E-state index in [4.69, 9.17) is 18.9 Å². The van der Waals surface area contributed by atoms with E-state index in [0.717, 1.165) is 5.39 Å². The minimum absolute atomic E-state index is 0.0129. The first-order chi connectivity index (χ1) is 21.4. The summed E-state index contributed by atoms with van der Waals surface area (Å²) in [5.74, 6) is -1.72. The number of rotatable bonds is 5. The number of pyridine rings is 1. The van der Waals surface area contributed by atoms with Crippen LogP contribution < -0.4 is 20.1 Å². The highest BCUT2D eigenvalue weighted by molar-refractivity contribution is 5.96. The fourth-order valence-electron chi connectivity index (χ4n) is 5.74. The molecule has 3 heterocycles. The highest BCUT2D eigenvalue weighted by atomic mass is 16.6. The second-order valence-corrected chi connectivity index (χ2v) is 12.6. The molecule has 1 aromatic carbocycles. The summed E-state index contributed by atoms with van der Waals surface area (Å²) in [6.07, 6.45) is 5.38. The first kappa shape index (κ1) is 32.0. The van der Waals surface area contributed by atoms with Crippen LogP contribution in [0, 0.1) is 5.92 Å². The molecule has 3 amide bonds. The van der Waals surface area contributed by atoms with Crippen molar-refractivity contribution in [1.82, 2.24) is 20.5 Å². The monoisotopic (exact) mass is 624 g/mol. The van der Waals surface area contributed by atoms with Crippen molar-refractivity contribution < 1.29 is 43.2 Å². The number of hydrogen-bond donors (Lipinski definition) is 3. The Morgan fingerprint density at radius 3 is 2.76 bits per heavy atom.